The Kier molecular flexibility index (Phi) is 2.29. The monoisotopic (exact) mass is 178 g/mol. The maximum atomic E-state index is 9.62. The highest BCUT2D eigenvalue weighted by Gasteiger charge is 2.26. The second-order valence-corrected chi connectivity index (χ2v) is 3.57. The molecule has 0 unspecified atom stereocenters. The number of rotatable bonds is 1. The molecule has 2 heterocycles. The number of aryl methyl sites for hydroxylation is 1. The third-order valence-electron chi connectivity index (χ3n) is 2.54. The molecular weight excluding hydrogens is 164 g/mol. The Morgan fingerprint density at radius 2 is 2.31 bits per heavy atom. The van der Waals surface area contributed by atoms with Crippen LogP contribution in [0.25, 0.3) is 0 Å². The van der Waals surface area contributed by atoms with Crippen LogP contribution in [0.2, 0.25) is 0 Å². The minimum absolute atomic E-state index is 0.216. The fourth-order valence-corrected chi connectivity index (χ4v) is 1.70. The van der Waals surface area contributed by atoms with Gasteiger partial charge in [0.15, 0.2) is 0 Å². The van der Waals surface area contributed by atoms with Crippen LogP contribution in [0.3, 0.4) is 0 Å². The highest BCUT2D eigenvalue weighted by Crippen LogP contribution is 2.21. The van der Waals surface area contributed by atoms with Gasteiger partial charge in [0, 0.05) is 30.9 Å². The van der Waals surface area contributed by atoms with Crippen molar-refractivity contribution >= 4 is 0 Å². The summed E-state index contributed by atoms with van der Waals surface area (Å²) in [5, 5.41) is 12.8. The van der Waals surface area contributed by atoms with E-state index in [2.05, 4.69) is 10.3 Å². The van der Waals surface area contributed by atoms with Gasteiger partial charge in [-0.3, -0.25) is 4.98 Å². The SMILES string of the molecule is Cc1ccc([C@@H]2CNC[C@H]2O)cn1. The lowest BCUT2D eigenvalue weighted by Crippen LogP contribution is -2.16. The molecule has 0 radical (unpaired) electrons. The van der Waals surface area contributed by atoms with Crippen LogP contribution in [0.5, 0.6) is 0 Å². The van der Waals surface area contributed by atoms with Crippen molar-refractivity contribution in [3.05, 3.63) is 29.6 Å². The van der Waals surface area contributed by atoms with Crippen molar-refractivity contribution in [2.24, 2.45) is 0 Å². The Labute approximate surface area is 77.8 Å². The molecule has 3 heteroatoms. The molecule has 1 aliphatic rings. The Hall–Kier alpha value is -0.930. The van der Waals surface area contributed by atoms with Gasteiger partial charge in [-0.05, 0) is 18.6 Å². The van der Waals surface area contributed by atoms with Crippen LogP contribution in [0, 0.1) is 6.92 Å². The Bertz CT molecular complexity index is 283. The van der Waals surface area contributed by atoms with E-state index in [1.165, 1.54) is 0 Å². The van der Waals surface area contributed by atoms with Gasteiger partial charge in [0.05, 0.1) is 6.10 Å². The lowest BCUT2D eigenvalue weighted by Gasteiger charge is -2.12. The number of hydrogen-bond acceptors (Lipinski definition) is 3. The predicted octanol–water partition coefficient (Wildman–Crippen LogP) is 0.438. The number of β-amino-alcohol motifs (C(OH)–C–C–N with tert-alkyl or cyclic N) is 1. The molecule has 0 bridgehead atoms. The van der Waals surface area contributed by atoms with Crippen LogP contribution in [-0.2, 0) is 0 Å². The molecule has 1 saturated heterocycles. The zero-order chi connectivity index (χ0) is 9.26. The van der Waals surface area contributed by atoms with Crippen LogP contribution in [-0.4, -0.2) is 29.3 Å². The highest BCUT2D eigenvalue weighted by molar-refractivity contribution is 5.21. The lowest BCUT2D eigenvalue weighted by molar-refractivity contribution is 0.177. The summed E-state index contributed by atoms with van der Waals surface area (Å²) >= 11 is 0. The summed E-state index contributed by atoms with van der Waals surface area (Å²) in [5.74, 6) is 0.216. The first-order valence-electron chi connectivity index (χ1n) is 4.58. The van der Waals surface area contributed by atoms with Gasteiger partial charge in [-0.1, -0.05) is 6.07 Å². The van der Waals surface area contributed by atoms with Gasteiger partial charge < -0.3 is 10.4 Å². The van der Waals surface area contributed by atoms with E-state index in [9.17, 15) is 5.11 Å². The quantitative estimate of drug-likeness (QED) is 0.656. The van der Waals surface area contributed by atoms with Gasteiger partial charge in [0.25, 0.3) is 0 Å². The van der Waals surface area contributed by atoms with Gasteiger partial charge >= 0.3 is 0 Å². The first kappa shape index (κ1) is 8.66. The smallest absolute Gasteiger partial charge is 0.0745 e. The molecular formula is C10H14N2O. The molecule has 0 aromatic carbocycles. The molecule has 1 aromatic heterocycles. The summed E-state index contributed by atoms with van der Waals surface area (Å²) in [5.41, 5.74) is 2.15. The summed E-state index contributed by atoms with van der Waals surface area (Å²) in [4.78, 5) is 4.22. The summed E-state index contributed by atoms with van der Waals surface area (Å²) in [6, 6.07) is 4.03. The highest BCUT2D eigenvalue weighted by atomic mass is 16.3. The minimum atomic E-state index is -0.260. The first-order chi connectivity index (χ1) is 6.27. The topological polar surface area (TPSA) is 45.1 Å². The average molecular weight is 178 g/mol. The van der Waals surface area contributed by atoms with E-state index in [1.54, 1.807) is 0 Å². The third kappa shape index (κ3) is 1.71. The second-order valence-electron chi connectivity index (χ2n) is 3.57. The van der Waals surface area contributed by atoms with E-state index in [-0.39, 0.29) is 12.0 Å². The summed E-state index contributed by atoms with van der Waals surface area (Å²) in [7, 11) is 0. The van der Waals surface area contributed by atoms with Crippen molar-refractivity contribution in [3.63, 3.8) is 0 Å². The lowest BCUT2D eigenvalue weighted by atomic mass is 9.98. The maximum Gasteiger partial charge on any atom is 0.0745 e. The Morgan fingerprint density at radius 1 is 1.46 bits per heavy atom. The van der Waals surface area contributed by atoms with Crippen molar-refractivity contribution in [1.82, 2.24) is 10.3 Å². The number of nitrogens with zero attached hydrogens (tertiary/aromatic N) is 1. The van der Waals surface area contributed by atoms with Gasteiger partial charge in [-0.2, -0.15) is 0 Å². The molecule has 13 heavy (non-hydrogen) atoms. The molecule has 3 nitrogen and oxygen atoms in total. The second kappa shape index (κ2) is 3.44. The molecule has 0 spiro atoms. The fraction of sp³-hybridized carbons (Fsp3) is 0.500. The van der Waals surface area contributed by atoms with Crippen molar-refractivity contribution in [2.75, 3.05) is 13.1 Å². The molecule has 1 fully saturated rings. The van der Waals surface area contributed by atoms with Crippen LogP contribution < -0.4 is 5.32 Å². The van der Waals surface area contributed by atoms with Gasteiger partial charge in [0.1, 0.15) is 0 Å². The Balaban J connectivity index is 2.20. The minimum Gasteiger partial charge on any atom is -0.391 e. The summed E-state index contributed by atoms with van der Waals surface area (Å²) < 4.78 is 0. The van der Waals surface area contributed by atoms with E-state index in [1.807, 2.05) is 25.3 Å². The number of aliphatic hydroxyl groups is 1. The predicted molar refractivity (Wildman–Crippen MR) is 50.6 cm³/mol. The molecule has 70 valence electrons. The van der Waals surface area contributed by atoms with Crippen molar-refractivity contribution < 1.29 is 5.11 Å². The molecule has 0 amide bonds. The van der Waals surface area contributed by atoms with Crippen molar-refractivity contribution in [2.45, 2.75) is 18.9 Å². The summed E-state index contributed by atoms with van der Waals surface area (Å²) in [6.07, 6.45) is 1.60. The first-order valence-corrected chi connectivity index (χ1v) is 4.58. The zero-order valence-corrected chi connectivity index (χ0v) is 7.70. The van der Waals surface area contributed by atoms with E-state index < -0.39 is 0 Å². The fourth-order valence-electron chi connectivity index (χ4n) is 1.70. The van der Waals surface area contributed by atoms with E-state index in [4.69, 9.17) is 0 Å². The summed E-state index contributed by atoms with van der Waals surface area (Å²) in [6.45, 7) is 3.51. The maximum absolute atomic E-state index is 9.62. The molecule has 2 N–H and O–H groups in total. The van der Waals surface area contributed by atoms with Crippen LogP contribution >= 0.6 is 0 Å². The van der Waals surface area contributed by atoms with Crippen LogP contribution in [0.4, 0.5) is 0 Å². The molecule has 2 atom stereocenters. The number of hydrogen-bond donors (Lipinski definition) is 2. The number of aliphatic hydroxyl groups excluding tert-OH is 1. The normalized spacial score (nSPS) is 27.8. The molecule has 0 aliphatic carbocycles. The van der Waals surface area contributed by atoms with E-state index >= 15 is 0 Å². The van der Waals surface area contributed by atoms with E-state index in [0.29, 0.717) is 6.54 Å². The average Bonchev–Trinajstić information content (AvgIpc) is 2.53. The van der Waals surface area contributed by atoms with Gasteiger partial charge in [-0.25, -0.2) is 0 Å². The largest absolute Gasteiger partial charge is 0.391 e. The van der Waals surface area contributed by atoms with Crippen LogP contribution in [0.15, 0.2) is 18.3 Å². The van der Waals surface area contributed by atoms with Gasteiger partial charge in [0.2, 0.25) is 0 Å². The van der Waals surface area contributed by atoms with Crippen molar-refractivity contribution in [1.29, 1.82) is 0 Å². The zero-order valence-electron chi connectivity index (χ0n) is 7.70. The standard InChI is InChI=1S/C10H14N2O/c1-7-2-3-8(4-12-7)9-5-11-6-10(9)13/h2-4,9-11,13H,5-6H2,1H3/t9-,10+/m0/s1. The van der Waals surface area contributed by atoms with Crippen LogP contribution in [0.1, 0.15) is 17.2 Å². The molecule has 2 rings (SSSR count). The Morgan fingerprint density at radius 3 is 2.85 bits per heavy atom. The van der Waals surface area contributed by atoms with Gasteiger partial charge in [-0.15, -0.1) is 0 Å². The number of nitrogens with one attached hydrogen (secondary N) is 1. The number of pyridine rings is 1. The molecule has 0 saturated carbocycles. The third-order valence-corrected chi connectivity index (χ3v) is 2.54. The molecule has 1 aliphatic heterocycles. The molecule has 1 aromatic rings. The van der Waals surface area contributed by atoms with E-state index in [0.717, 1.165) is 17.8 Å². The van der Waals surface area contributed by atoms with Crippen molar-refractivity contribution in [3.8, 4) is 0 Å². The number of aromatic nitrogens is 1.